The van der Waals surface area contributed by atoms with Crippen molar-refractivity contribution in [1.82, 2.24) is 0 Å². The first kappa shape index (κ1) is 18.2. The summed E-state index contributed by atoms with van der Waals surface area (Å²) < 4.78 is 4.95. The normalized spacial score (nSPS) is 10.9. The molecular formula is C19H19NO5. The molecule has 0 aliphatic carbocycles. The van der Waals surface area contributed by atoms with Crippen molar-refractivity contribution in [3.63, 3.8) is 0 Å². The first-order valence-electron chi connectivity index (χ1n) is 7.60. The Morgan fingerprint density at radius 1 is 1.16 bits per heavy atom. The van der Waals surface area contributed by atoms with Gasteiger partial charge in [0.1, 0.15) is 0 Å². The van der Waals surface area contributed by atoms with Crippen LogP contribution in [0.5, 0.6) is 11.5 Å². The Morgan fingerprint density at radius 3 is 2.28 bits per heavy atom. The minimum atomic E-state index is -0.703. The van der Waals surface area contributed by atoms with Gasteiger partial charge in [-0.25, -0.2) is 0 Å². The Bertz CT molecular complexity index is 861. The summed E-state index contributed by atoms with van der Waals surface area (Å²) >= 11 is 0. The van der Waals surface area contributed by atoms with Gasteiger partial charge in [0.15, 0.2) is 11.5 Å². The Morgan fingerprint density at radius 2 is 1.76 bits per heavy atom. The molecule has 2 aromatic carbocycles. The molecule has 6 heteroatoms. The molecule has 0 aliphatic rings. The molecular weight excluding hydrogens is 322 g/mol. The van der Waals surface area contributed by atoms with Crippen molar-refractivity contribution in [2.24, 2.45) is 0 Å². The minimum Gasteiger partial charge on any atom is -0.500 e. The standard InChI is InChI=1S/C19H19NO5/c1-11-7-12(2)18(13(3)8-11)16(21)6-5-14-9-15(20(23)24)19(22)17(10-14)25-4/h5-10,22H,1-4H3/b6-5+. The van der Waals surface area contributed by atoms with Gasteiger partial charge < -0.3 is 9.84 Å². The minimum absolute atomic E-state index is 0.0241. The van der Waals surface area contributed by atoms with Crippen LogP contribution < -0.4 is 4.74 Å². The fourth-order valence-electron chi connectivity index (χ4n) is 2.83. The quantitative estimate of drug-likeness (QED) is 0.382. The lowest BCUT2D eigenvalue weighted by Crippen LogP contribution is -2.02. The third-order valence-electron chi connectivity index (χ3n) is 3.84. The van der Waals surface area contributed by atoms with E-state index in [1.807, 2.05) is 32.9 Å². The third-order valence-corrected chi connectivity index (χ3v) is 3.84. The number of ether oxygens (including phenoxy) is 1. The molecule has 0 radical (unpaired) electrons. The van der Waals surface area contributed by atoms with Crippen LogP contribution in [0.4, 0.5) is 5.69 Å². The number of benzene rings is 2. The lowest BCUT2D eigenvalue weighted by molar-refractivity contribution is -0.386. The van der Waals surface area contributed by atoms with Crippen LogP contribution in [0.1, 0.15) is 32.6 Å². The molecule has 0 spiro atoms. The van der Waals surface area contributed by atoms with E-state index < -0.39 is 16.4 Å². The number of nitrogens with zero attached hydrogens (tertiary/aromatic N) is 1. The summed E-state index contributed by atoms with van der Waals surface area (Å²) in [6, 6.07) is 6.49. The predicted molar refractivity (Wildman–Crippen MR) is 95.3 cm³/mol. The summed E-state index contributed by atoms with van der Waals surface area (Å²) in [6.07, 6.45) is 2.83. The van der Waals surface area contributed by atoms with Crippen molar-refractivity contribution in [3.05, 3.63) is 68.3 Å². The van der Waals surface area contributed by atoms with E-state index in [0.717, 1.165) is 16.7 Å². The molecule has 0 aliphatic heterocycles. The van der Waals surface area contributed by atoms with Gasteiger partial charge in [0.2, 0.25) is 5.75 Å². The van der Waals surface area contributed by atoms with Gasteiger partial charge in [-0.1, -0.05) is 23.8 Å². The number of hydrogen-bond acceptors (Lipinski definition) is 5. The molecule has 0 bridgehead atoms. The Kier molecular flexibility index (Phi) is 5.22. The number of nitro groups is 1. The lowest BCUT2D eigenvalue weighted by Gasteiger charge is -2.08. The van der Waals surface area contributed by atoms with Crippen molar-refractivity contribution in [2.75, 3.05) is 7.11 Å². The van der Waals surface area contributed by atoms with Gasteiger partial charge in [0, 0.05) is 11.6 Å². The zero-order valence-electron chi connectivity index (χ0n) is 14.5. The SMILES string of the molecule is COc1cc(/C=C/C(=O)c2c(C)cc(C)cc2C)cc([N+](=O)[O-])c1O. The molecule has 0 heterocycles. The number of rotatable bonds is 5. The van der Waals surface area contributed by atoms with Gasteiger partial charge in [0.05, 0.1) is 12.0 Å². The molecule has 2 rings (SSSR count). The van der Waals surface area contributed by atoms with E-state index in [1.165, 1.54) is 31.4 Å². The molecule has 130 valence electrons. The van der Waals surface area contributed by atoms with Crippen molar-refractivity contribution in [3.8, 4) is 11.5 Å². The Labute approximate surface area is 145 Å². The van der Waals surface area contributed by atoms with Gasteiger partial charge >= 0.3 is 5.69 Å². The highest BCUT2D eigenvalue weighted by Crippen LogP contribution is 2.37. The van der Waals surface area contributed by atoms with E-state index in [-0.39, 0.29) is 11.5 Å². The van der Waals surface area contributed by atoms with Crippen molar-refractivity contribution in [1.29, 1.82) is 0 Å². The fourth-order valence-corrected chi connectivity index (χ4v) is 2.83. The number of allylic oxidation sites excluding steroid dienone is 1. The Hall–Kier alpha value is -3.15. The second-order valence-electron chi connectivity index (χ2n) is 5.82. The van der Waals surface area contributed by atoms with Crippen LogP contribution in [-0.4, -0.2) is 22.9 Å². The van der Waals surface area contributed by atoms with Gasteiger partial charge in [0.25, 0.3) is 0 Å². The first-order valence-corrected chi connectivity index (χ1v) is 7.60. The van der Waals surface area contributed by atoms with E-state index in [1.54, 1.807) is 0 Å². The zero-order chi connectivity index (χ0) is 18.7. The smallest absolute Gasteiger partial charge is 0.315 e. The molecule has 2 aromatic rings. The van der Waals surface area contributed by atoms with Crippen LogP contribution in [0.2, 0.25) is 0 Å². The number of aromatic hydroxyl groups is 1. The van der Waals surface area contributed by atoms with E-state index in [0.29, 0.717) is 11.1 Å². The molecule has 1 N–H and O–H groups in total. The van der Waals surface area contributed by atoms with Crippen molar-refractivity contribution in [2.45, 2.75) is 20.8 Å². The average Bonchev–Trinajstić information content (AvgIpc) is 2.52. The number of carbonyl (C=O) groups excluding carboxylic acids is 1. The molecule has 0 amide bonds. The van der Waals surface area contributed by atoms with E-state index in [4.69, 9.17) is 4.74 Å². The summed E-state index contributed by atoms with van der Waals surface area (Å²) in [6.45, 7) is 5.71. The van der Waals surface area contributed by atoms with Crippen LogP contribution in [0.15, 0.2) is 30.3 Å². The van der Waals surface area contributed by atoms with Crippen LogP contribution >= 0.6 is 0 Å². The zero-order valence-corrected chi connectivity index (χ0v) is 14.5. The van der Waals surface area contributed by atoms with Crippen molar-refractivity contribution < 1.29 is 19.6 Å². The largest absolute Gasteiger partial charge is 0.500 e. The highest BCUT2D eigenvalue weighted by molar-refractivity contribution is 6.08. The predicted octanol–water partition coefficient (Wildman–Crippen LogP) is 4.13. The highest BCUT2D eigenvalue weighted by atomic mass is 16.6. The van der Waals surface area contributed by atoms with Crippen LogP contribution in [0, 0.1) is 30.9 Å². The maximum atomic E-state index is 12.5. The van der Waals surface area contributed by atoms with Crippen LogP contribution in [-0.2, 0) is 0 Å². The number of nitro benzene ring substituents is 1. The maximum Gasteiger partial charge on any atom is 0.315 e. The van der Waals surface area contributed by atoms with Gasteiger partial charge in [-0.15, -0.1) is 0 Å². The summed E-state index contributed by atoms with van der Waals surface area (Å²) in [5.41, 5.74) is 3.35. The fraction of sp³-hybridized carbons (Fsp3) is 0.211. The number of phenolic OH excluding ortho intramolecular Hbond substituents is 1. The lowest BCUT2D eigenvalue weighted by atomic mass is 9.96. The number of hydrogen-bond donors (Lipinski definition) is 1. The molecule has 0 unspecified atom stereocenters. The molecule has 0 fully saturated rings. The van der Waals surface area contributed by atoms with Gasteiger partial charge in [-0.2, -0.15) is 0 Å². The topological polar surface area (TPSA) is 89.7 Å². The molecule has 0 aromatic heterocycles. The molecule has 0 saturated carbocycles. The van der Waals surface area contributed by atoms with E-state index in [2.05, 4.69) is 0 Å². The number of ketones is 1. The number of phenols is 1. The van der Waals surface area contributed by atoms with E-state index >= 15 is 0 Å². The molecule has 0 saturated heterocycles. The third kappa shape index (κ3) is 3.85. The second kappa shape index (κ2) is 7.17. The molecule has 0 atom stereocenters. The summed E-state index contributed by atoms with van der Waals surface area (Å²) in [5.74, 6) is -0.755. The highest BCUT2D eigenvalue weighted by Gasteiger charge is 2.19. The number of methoxy groups -OCH3 is 1. The van der Waals surface area contributed by atoms with E-state index in [9.17, 15) is 20.0 Å². The second-order valence-corrected chi connectivity index (χ2v) is 5.82. The average molecular weight is 341 g/mol. The Balaban J connectivity index is 2.41. The van der Waals surface area contributed by atoms with Crippen LogP contribution in [0.3, 0.4) is 0 Å². The summed E-state index contributed by atoms with van der Waals surface area (Å²) in [5, 5.41) is 20.8. The monoisotopic (exact) mass is 341 g/mol. The summed E-state index contributed by atoms with van der Waals surface area (Å²) in [7, 11) is 1.30. The molecule has 6 nitrogen and oxygen atoms in total. The first-order chi connectivity index (χ1) is 11.7. The number of carbonyl (C=O) groups is 1. The van der Waals surface area contributed by atoms with Crippen LogP contribution in [0.25, 0.3) is 6.08 Å². The van der Waals surface area contributed by atoms with Gasteiger partial charge in [-0.3, -0.25) is 14.9 Å². The number of aryl methyl sites for hydroxylation is 3. The summed E-state index contributed by atoms with van der Waals surface area (Å²) in [4.78, 5) is 22.8. The maximum absolute atomic E-state index is 12.5. The van der Waals surface area contributed by atoms with Crippen molar-refractivity contribution >= 4 is 17.5 Å². The molecule has 25 heavy (non-hydrogen) atoms. The van der Waals surface area contributed by atoms with Gasteiger partial charge in [-0.05, 0) is 49.6 Å².